The summed E-state index contributed by atoms with van der Waals surface area (Å²) in [5.41, 5.74) is 0. The summed E-state index contributed by atoms with van der Waals surface area (Å²) in [6, 6.07) is 0.710. The van der Waals surface area contributed by atoms with Gasteiger partial charge in [0.05, 0.1) is 0 Å². The minimum absolute atomic E-state index is 0.710. The lowest BCUT2D eigenvalue weighted by molar-refractivity contribution is 0.251. The van der Waals surface area contributed by atoms with E-state index in [0.29, 0.717) is 6.04 Å². The van der Waals surface area contributed by atoms with Crippen LogP contribution in [0.25, 0.3) is 0 Å². The molecule has 0 aliphatic heterocycles. The largest absolute Gasteiger partial charge is 0.315 e. The first-order valence-electron chi connectivity index (χ1n) is 5.98. The minimum Gasteiger partial charge on any atom is -0.315 e. The highest BCUT2D eigenvalue weighted by Gasteiger charge is 2.04. The highest BCUT2D eigenvalue weighted by Crippen LogP contribution is 1.99. The van der Waals surface area contributed by atoms with Crippen LogP contribution in [0.5, 0.6) is 0 Å². The van der Waals surface area contributed by atoms with E-state index in [9.17, 15) is 0 Å². The molecule has 1 atom stereocenters. The van der Waals surface area contributed by atoms with E-state index in [-0.39, 0.29) is 0 Å². The van der Waals surface area contributed by atoms with Gasteiger partial charge in [-0.25, -0.2) is 0 Å². The average Bonchev–Trinajstić information content (AvgIpc) is 2.15. The molecule has 0 saturated heterocycles. The number of hydrogen-bond acceptors (Lipinski definition) is 2. The third-order valence-electron chi connectivity index (χ3n) is 2.88. The van der Waals surface area contributed by atoms with Crippen molar-refractivity contribution in [2.24, 2.45) is 5.92 Å². The molecule has 1 unspecified atom stereocenters. The molecule has 0 bridgehead atoms. The van der Waals surface area contributed by atoms with Crippen molar-refractivity contribution >= 4 is 0 Å². The summed E-state index contributed by atoms with van der Waals surface area (Å²) in [7, 11) is 2.21. The third kappa shape index (κ3) is 7.34. The third-order valence-corrected chi connectivity index (χ3v) is 2.88. The number of nitrogens with zero attached hydrogens (tertiary/aromatic N) is 1. The molecular formula is C12H28N2. The lowest BCUT2D eigenvalue weighted by Gasteiger charge is -2.23. The zero-order valence-corrected chi connectivity index (χ0v) is 10.6. The van der Waals surface area contributed by atoms with Crippen molar-refractivity contribution < 1.29 is 0 Å². The first-order valence-corrected chi connectivity index (χ1v) is 5.98. The van der Waals surface area contributed by atoms with Crippen LogP contribution in [0.15, 0.2) is 0 Å². The van der Waals surface area contributed by atoms with Gasteiger partial charge in [-0.15, -0.1) is 0 Å². The normalized spacial score (nSPS) is 13.9. The minimum atomic E-state index is 0.710. The van der Waals surface area contributed by atoms with E-state index < -0.39 is 0 Å². The SMILES string of the molecule is CCC(C)N(C)CCNCCC(C)C. The molecule has 0 heterocycles. The van der Waals surface area contributed by atoms with E-state index in [4.69, 9.17) is 0 Å². The van der Waals surface area contributed by atoms with Crippen molar-refractivity contribution in [3.8, 4) is 0 Å². The van der Waals surface area contributed by atoms with Gasteiger partial charge < -0.3 is 10.2 Å². The molecule has 0 aromatic heterocycles. The molecule has 0 amide bonds. The second-order valence-corrected chi connectivity index (χ2v) is 4.67. The van der Waals surface area contributed by atoms with Gasteiger partial charge in [-0.1, -0.05) is 20.8 Å². The number of nitrogens with one attached hydrogen (secondary N) is 1. The van der Waals surface area contributed by atoms with E-state index in [1.165, 1.54) is 12.8 Å². The number of rotatable bonds is 8. The molecule has 0 aromatic carbocycles. The van der Waals surface area contributed by atoms with Crippen molar-refractivity contribution in [3.05, 3.63) is 0 Å². The predicted molar refractivity (Wildman–Crippen MR) is 64.7 cm³/mol. The monoisotopic (exact) mass is 200 g/mol. The van der Waals surface area contributed by atoms with Crippen LogP contribution in [-0.2, 0) is 0 Å². The van der Waals surface area contributed by atoms with Gasteiger partial charge in [0.2, 0.25) is 0 Å². The Labute approximate surface area is 90.1 Å². The summed E-state index contributed by atoms with van der Waals surface area (Å²) in [5.74, 6) is 0.815. The smallest absolute Gasteiger partial charge is 0.0107 e. The van der Waals surface area contributed by atoms with Gasteiger partial charge in [-0.3, -0.25) is 0 Å². The Morgan fingerprint density at radius 3 is 2.29 bits per heavy atom. The average molecular weight is 200 g/mol. The topological polar surface area (TPSA) is 15.3 Å². The fraction of sp³-hybridized carbons (Fsp3) is 1.00. The second-order valence-electron chi connectivity index (χ2n) is 4.67. The molecule has 0 saturated carbocycles. The van der Waals surface area contributed by atoms with E-state index in [1.807, 2.05) is 0 Å². The molecule has 0 aromatic rings. The Balaban J connectivity index is 3.27. The molecule has 0 fully saturated rings. The van der Waals surface area contributed by atoms with E-state index in [1.54, 1.807) is 0 Å². The Morgan fingerprint density at radius 1 is 1.14 bits per heavy atom. The fourth-order valence-corrected chi connectivity index (χ4v) is 1.30. The Hall–Kier alpha value is -0.0800. The Kier molecular flexibility index (Phi) is 8.20. The summed E-state index contributed by atoms with van der Waals surface area (Å²) < 4.78 is 0. The summed E-state index contributed by atoms with van der Waals surface area (Å²) in [5, 5.41) is 3.48. The van der Waals surface area contributed by atoms with Crippen LogP contribution in [-0.4, -0.2) is 37.6 Å². The highest BCUT2D eigenvalue weighted by atomic mass is 15.1. The molecule has 0 aliphatic rings. The summed E-state index contributed by atoms with van der Waals surface area (Å²) >= 11 is 0. The maximum atomic E-state index is 3.48. The van der Waals surface area contributed by atoms with Crippen LogP contribution in [0, 0.1) is 5.92 Å². The van der Waals surface area contributed by atoms with Gasteiger partial charge in [0.1, 0.15) is 0 Å². The van der Waals surface area contributed by atoms with Crippen molar-refractivity contribution in [1.29, 1.82) is 0 Å². The first-order chi connectivity index (χ1) is 6.57. The quantitative estimate of drug-likeness (QED) is 0.605. The summed E-state index contributed by atoms with van der Waals surface area (Å²) in [4.78, 5) is 2.42. The van der Waals surface area contributed by atoms with Gasteiger partial charge in [0.25, 0.3) is 0 Å². The molecule has 0 spiro atoms. The van der Waals surface area contributed by atoms with Gasteiger partial charge in [-0.2, -0.15) is 0 Å². The van der Waals surface area contributed by atoms with E-state index in [0.717, 1.165) is 25.6 Å². The molecule has 0 radical (unpaired) electrons. The van der Waals surface area contributed by atoms with Gasteiger partial charge in [-0.05, 0) is 39.3 Å². The van der Waals surface area contributed by atoms with Crippen LogP contribution < -0.4 is 5.32 Å². The van der Waals surface area contributed by atoms with Gasteiger partial charge in [0.15, 0.2) is 0 Å². The van der Waals surface area contributed by atoms with Crippen LogP contribution in [0.1, 0.15) is 40.5 Å². The maximum Gasteiger partial charge on any atom is 0.0107 e. The summed E-state index contributed by atoms with van der Waals surface area (Å²) in [6.45, 7) is 12.5. The second kappa shape index (κ2) is 8.25. The van der Waals surface area contributed by atoms with Crippen molar-refractivity contribution in [2.45, 2.75) is 46.6 Å². The van der Waals surface area contributed by atoms with E-state index in [2.05, 4.69) is 45.0 Å². The standard InChI is InChI=1S/C12H28N2/c1-6-12(4)14(5)10-9-13-8-7-11(2)3/h11-13H,6-10H2,1-5H3. The molecule has 0 aliphatic carbocycles. The fourth-order valence-electron chi connectivity index (χ4n) is 1.30. The first kappa shape index (κ1) is 13.9. The lowest BCUT2D eigenvalue weighted by Crippen LogP contribution is -2.35. The van der Waals surface area contributed by atoms with Crippen LogP contribution >= 0.6 is 0 Å². The van der Waals surface area contributed by atoms with E-state index >= 15 is 0 Å². The molecule has 0 rings (SSSR count). The Bertz CT molecular complexity index is 123. The molecular weight excluding hydrogens is 172 g/mol. The van der Waals surface area contributed by atoms with Gasteiger partial charge >= 0.3 is 0 Å². The van der Waals surface area contributed by atoms with Crippen LogP contribution in [0.3, 0.4) is 0 Å². The van der Waals surface area contributed by atoms with Crippen molar-refractivity contribution in [1.82, 2.24) is 10.2 Å². The molecule has 86 valence electrons. The Morgan fingerprint density at radius 2 is 1.79 bits per heavy atom. The zero-order chi connectivity index (χ0) is 11.0. The molecule has 14 heavy (non-hydrogen) atoms. The highest BCUT2D eigenvalue weighted by molar-refractivity contribution is 4.62. The lowest BCUT2D eigenvalue weighted by atomic mass is 10.1. The number of likely N-dealkylation sites (N-methyl/N-ethyl adjacent to an activating group) is 1. The predicted octanol–water partition coefficient (Wildman–Crippen LogP) is 2.35. The van der Waals surface area contributed by atoms with Crippen molar-refractivity contribution in [3.63, 3.8) is 0 Å². The van der Waals surface area contributed by atoms with Crippen LogP contribution in [0.4, 0.5) is 0 Å². The molecule has 2 heteroatoms. The van der Waals surface area contributed by atoms with Gasteiger partial charge in [0, 0.05) is 19.1 Å². The van der Waals surface area contributed by atoms with Crippen molar-refractivity contribution in [2.75, 3.05) is 26.7 Å². The van der Waals surface area contributed by atoms with Crippen LogP contribution in [0.2, 0.25) is 0 Å². The number of hydrogen-bond donors (Lipinski definition) is 1. The maximum absolute atomic E-state index is 3.48. The summed E-state index contributed by atoms with van der Waals surface area (Å²) in [6.07, 6.45) is 2.52. The molecule has 1 N–H and O–H groups in total. The molecule has 2 nitrogen and oxygen atoms in total. The zero-order valence-electron chi connectivity index (χ0n) is 10.6.